The van der Waals surface area contributed by atoms with Crippen molar-refractivity contribution in [3.05, 3.63) is 16.1 Å². The highest BCUT2D eigenvalue weighted by atomic mass is 32.1. The van der Waals surface area contributed by atoms with Gasteiger partial charge in [-0.1, -0.05) is 0 Å². The van der Waals surface area contributed by atoms with Gasteiger partial charge in [0.25, 0.3) is 0 Å². The number of hydrogen-bond acceptors (Lipinski definition) is 5. The molecule has 4 nitrogen and oxygen atoms in total. The van der Waals surface area contributed by atoms with E-state index in [-0.39, 0.29) is 6.61 Å². The zero-order valence-electron chi connectivity index (χ0n) is 9.18. The van der Waals surface area contributed by atoms with Crippen LogP contribution in [0.4, 0.5) is 0 Å². The highest BCUT2D eigenvalue weighted by Gasteiger charge is 2.25. The molecular formula is C10H17N3OS. The van der Waals surface area contributed by atoms with Crippen LogP contribution in [0.5, 0.6) is 0 Å². The van der Waals surface area contributed by atoms with Gasteiger partial charge in [0.2, 0.25) is 0 Å². The molecule has 1 aromatic rings. The van der Waals surface area contributed by atoms with E-state index in [9.17, 15) is 0 Å². The molecule has 1 atom stereocenters. The van der Waals surface area contributed by atoms with Gasteiger partial charge in [0.1, 0.15) is 5.01 Å². The molecule has 1 aromatic heterocycles. The van der Waals surface area contributed by atoms with Crippen LogP contribution in [0.3, 0.4) is 0 Å². The van der Waals surface area contributed by atoms with Crippen molar-refractivity contribution in [2.75, 3.05) is 33.7 Å². The molecular weight excluding hydrogens is 210 g/mol. The molecule has 5 heteroatoms. The highest BCUT2D eigenvalue weighted by Crippen LogP contribution is 2.26. The normalized spacial score (nSPS) is 24.6. The molecule has 2 rings (SSSR count). The molecule has 0 bridgehead atoms. The lowest BCUT2D eigenvalue weighted by Crippen LogP contribution is -2.44. The van der Waals surface area contributed by atoms with Crippen LogP contribution < -0.4 is 0 Å². The van der Waals surface area contributed by atoms with Gasteiger partial charge in [-0.15, -0.1) is 11.3 Å². The summed E-state index contributed by atoms with van der Waals surface area (Å²) < 4.78 is 0. The summed E-state index contributed by atoms with van der Waals surface area (Å²) in [5.41, 5.74) is 0.789. The highest BCUT2D eigenvalue weighted by molar-refractivity contribution is 7.09. The maximum absolute atomic E-state index is 8.99. The first-order chi connectivity index (χ1) is 7.20. The maximum Gasteiger partial charge on any atom is 0.111 e. The van der Waals surface area contributed by atoms with Crippen LogP contribution >= 0.6 is 11.3 Å². The van der Waals surface area contributed by atoms with E-state index in [0.29, 0.717) is 6.04 Å². The van der Waals surface area contributed by atoms with Crippen molar-refractivity contribution < 1.29 is 5.11 Å². The van der Waals surface area contributed by atoms with E-state index in [2.05, 4.69) is 28.9 Å². The van der Waals surface area contributed by atoms with Gasteiger partial charge < -0.3 is 10.0 Å². The third-order valence-corrected chi connectivity index (χ3v) is 3.86. The van der Waals surface area contributed by atoms with E-state index >= 15 is 0 Å². The second-order valence-corrected chi connectivity index (χ2v) is 4.98. The Morgan fingerprint density at radius 2 is 2.33 bits per heavy atom. The molecule has 1 fully saturated rings. The number of aliphatic hydroxyl groups excluding tert-OH is 1. The number of nitrogens with zero attached hydrogens (tertiary/aromatic N) is 3. The summed E-state index contributed by atoms with van der Waals surface area (Å²) in [7, 11) is 4.28. The van der Waals surface area contributed by atoms with Gasteiger partial charge in [0, 0.05) is 25.0 Å². The van der Waals surface area contributed by atoms with Crippen molar-refractivity contribution in [3.63, 3.8) is 0 Å². The zero-order chi connectivity index (χ0) is 10.8. The van der Waals surface area contributed by atoms with Crippen LogP contribution in [-0.4, -0.2) is 53.6 Å². The predicted octanol–water partition coefficient (Wildman–Crippen LogP) is 0.554. The lowest BCUT2D eigenvalue weighted by molar-refractivity contribution is 0.114. The van der Waals surface area contributed by atoms with Gasteiger partial charge in [0.05, 0.1) is 18.3 Å². The molecule has 1 saturated heterocycles. The molecule has 0 aliphatic carbocycles. The summed E-state index contributed by atoms with van der Waals surface area (Å²) in [6, 6.07) is 0.383. The van der Waals surface area contributed by atoms with Crippen LogP contribution in [0.2, 0.25) is 0 Å². The van der Waals surface area contributed by atoms with E-state index < -0.39 is 0 Å². The molecule has 0 radical (unpaired) electrons. The Morgan fingerprint density at radius 1 is 1.53 bits per heavy atom. The lowest BCUT2D eigenvalue weighted by Gasteiger charge is -2.36. The maximum atomic E-state index is 8.99. The fourth-order valence-electron chi connectivity index (χ4n) is 1.83. The van der Waals surface area contributed by atoms with Gasteiger partial charge in [-0.05, 0) is 14.1 Å². The first-order valence-electron chi connectivity index (χ1n) is 5.14. The summed E-state index contributed by atoms with van der Waals surface area (Å²) in [6.45, 7) is 3.26. The van der Waals surface area contributed by atoms with Crippen molar-refractivity contribution >= 4 is 11.3 Å². The Morgan fingerprint density at radius 3 is 3.00 bits per heavy atom. The van der Waals surface area contributed by atoms with E-state index in [1.807, 2.05) is 5.38 Å². The molecule has 15 heavy (non-hydrogen) atoms. The van der Waals surface area contributed by atoms with Gasteiger partial charge in [-0.25, -0.2) is 4.98 Å². The average molecular weight is 227 g/mol. The van der Waals surface area contributed by atoms with Gasteiger partial charge in [-0.2, -0.15) is 0 Å². The Balaban J connectivity index is 2.13. The van der Waals surface area contributed by atoms with Crippen LogP contribution in [0.1, 0.15) is 16.7 Å². The van der Waals surface area contributed by atoms with Gasteiger partial charge in [-0.3, -0.25) is 4.90 Å². The largest absolute Gasteiger partial charge is 0.390 e. The predicted molar refractivity (Wildman–Crippen MR) is 60.9 cm³/mol. The third-order valence-electron chi connectivity index (χ3n) is 2.87. The quantitative estimate of drug-likeness (QED) is 0.801. The number of rotatable bonds is 2. The van der Waals surface area contributed by atoms with Crippen molar-refractivity contribution in [1.82, 2.24) is 14.8 Å². The van der Waals surface area contributed by atoms with Crippen molar-refractivity contribution in [2.45, 2.75) is 12.6 Å². The number of aliphatic hydroxyl groups is 1. The van der Waals surface area contributed by atoms with Gasteiger partial charge in [0.15, 0.2) is 0 Å². The Bertz CT molecular complexity index is 328. The SMILES string of the molecule is CN1CCN(C)C(c2nc(CO)cs2)C1. The van der Waals surface area contributed by atoms with Crippen LogP contribution in [0, 0.1) is 0 Å². The molecule has 1 aliphatic rings. The molecule has 84 valence electrons. The summed E-state index contributed by atoms with van der Waals surface area (Å²) in [5.74, 6) is 0. The Labute approximate surface area is 94.2 Å². The summed E-state index contributed by atoms with van der Waals surface area (Å²) >= 11 is 1.65. The minimum atomic E-state index is 0.0444. The number of thiazole rings is 1. The molecule has 0 saturated carbocycles. The number of likely N-dealkylation sites (N-methyl/N-ethyl adjacent to an activating group) is 2. The van der Waals surface area contributed by atoms with Gasteiger partial charge >= 0.3 is 0 Å². The fourth-order valence-corrected chi connectivity index (χ4v) is 2.79. The van der Waals surface area contributed by atoms with Crippen LogP contribution in [0.15, 0.2) is 5.38 Å². The Hall–Kier alpha value is -0.490. The minimum Gasteiger partial charge on any atom is -0.390 e. The van der Waals surface area contributed by atoms with E-state index in [4.69, 9.17) is 5.11 Å². The fraction of sp³-hybridized carbons (Fsp3) is 0.700. The van der Waals surface area contributed by atoms with E-state index in [1.165, 1.54) is 0 Å². The Kier molecular flexibility index (Phi) is 3.35. The van der Waals surface area contributed by atoms with E-state index in [1.54, 1.807) is 11.3 Å². The number of aromatic nitrogens is 1. The van der Waals surface area contributed by atoms with Crippen LogP contribution in [0.25, 0.3) is 0 Å². The monoisotopic (exact) mass is 227 g/mol. The van der Waals surface area contributed by atoms with Crippen molar-refractivity contribution in [1.29, 1.82) is 0 Å². The van der Waals surface area contributed by atoms with Crippen LogP contribution in [-0.2, 0) is 6.61 Å². The van der Waals surface area contributed by atoms with E-state index in [0.717, 1.165) is 30.3 Å². The molecule has 1 N–H and O–H groups in total. The topological polar surface area (TPSA) is 39.6 Å². The number of hydrogen-bond donors (Lipinski definition) is 1. The molecule has 1 unspecified atom stereocenters. The minimum absolute atomic E-state index is 0.0444. The third kappa shape index (κ3) is 2.36. The average Bonchev–Trinajstić information content (AvgIpc) is 2.70. The molecule has 0 spiro atoms. The second kappa shape index (κ2) is 4.57. The first-order valence-corrected chi connectivity index (χ1v) is 6.02. The zero-order valence-corrected chi connectivity index (χ0v) is 10.00. The molecule has 0 aromatic carbocycles. The summed E-state index contributed by atoms with van der Waals surface area (Å²) in [6.07, 6.45) is 0. The standard InChI is InChI=1S/C10H17N3OS/c1-12-3-4-13(2)9(5-12)10-11-8(6-14)7-15-10/h7,9,14H,3-6H2,1-2H3. The summed E-state index contributed by atoms with van der Waals surface area (Å²) in [4.78, 5) is 9.09. The number of piperazine rings is 1. The molecule has 2 heterocycles. The van der Waals surface area contributed by atoms with Crippen molar-refractivity contribution in [3.8, 4) is 0 Å². The summed E-state index contributed by atoms with van der Waals surface area (Å²) in [5, 5.41) is 12.0. The second-order valence-electron chi connectivity index (χ2n) is 4.09. The first kappa shape index (κ1) is 11.0. The smallest absolute Gasteiger partial charge is 0.111 e. The van der Waals surface area contributed by atoms with Crippen molar-refractivity contribution in [2.24, 2.45) is 0 Å². The lowest BCUT2D eigenvalue weighted by atomic mass is 10.2. The molecule has 0 amide bonds. The molecule has 1 aliphatic heterocycles.